The van der Waals surface area contributed by atoms with Gasteiger partial charge in [0.1, 0.15) is 42.7 Å². The summed E-state index contributed by atoms with van der Waals surface area (Å²) in [5.41, 5.74) is 0.355. The van der Waals surface area contributed by atoms with Crippen molar-refractivity contribution in [2.24, 2.45) is 0 Å². The first kappa shape index (κ1) is 32.3. The van der Waals surface area contributed by atoms with Crippen molar-refractivity contribution in [3.63, 3.8) is 0 Å². The SMILES string of the molecule is CO[C@@H]1C(CO)O[C@@H](O[C@H](C(O)CO)[C@H](O)C(CNc2ccccc2OC=O)NC(C)=O)C(NC(C)=O)[C@H]1O. The minimum atomic E-state index is -1.71. The number of methoxy groups -OCH3 is 1. The molecule has 1 aromatic carbocycles. The van der Waals surface area contributed by atoms with Gasteiger partial charge in [-0.25, -0.2) is 0 Å². The number of ether oxygens (including phenoxy) is 4. The van der Waals surface area contributed by atoms with E-state index < -0.39 is 80.0 Å². The Bertz CT molecular complexity index is 937. The van der Waals surface area contributed by atoms with E-state index in [0.29, 0.717) is 5.69 Å². The van der Waals surface area contributed by atoms with Crippen LogP contribution in [-0.2, 0) is 28.6 Å². The number of hydrogen-bond acceptors (Lipinski definition) is 13. The fourth-order valence-electron chi connectivity index (χ4n) is 4.25. The summed E-state index contributed by atoms with van der Waals surface area (Å²) in [7, 11) is 1.28. The molecule has 15 heteroatoms. The van der Waals surface area contributed by atoms with E-state index in [9.17, 15) is 39.9 Å². The molecule has 1 aliphatic heterocycles. The topological polar surface area (TPSA) is 225 Å². The van der Waals surface area contributed by atoms with E-state index in [1.54, 1.807) is 18.2 Å². The normalized spacial score (nSPS) is 26.0. The van der Waals surface area contributed by atoms with E-state index in [4.69, 9.17) is 18.9 Å². The van der Waals surface area contributed by atoms with E-state index in [1.807, 2.05) is 0 Å². The molecule has 1 heterocycles. The van der Waals surface area contributed by atoms with Crippen LogP contribution in [0, 0.1) is 0 Å². The summed E-state index contributed by atoms with van der Waals surface area (Å²) >= 11 is 0. The largest absolute Gasteiger partial charge is 0.427 e. The van der Waals surface area contributed by atoms with Crippen molar-refractivity contribution < 1.29 is 58.9 Å². The van der Waals surface area contributed by atoms with Crippen LogP contribution >= 0.6 is 0 Å². The quantitative estimate of drug-likeness (QED) is 0.0994. The lowest BCUT2D eigenvalue weighted by Gasteiger charge is -2.45. The van der Waals surface area contributed by atoms with Crippen LogP contribution in [0.2, 0.25) is 0 Å². The molecule has 1 fully saturated rings. The Kier molecular flexibility index (Phi) is 13.0. The molecule has 0 bridgehead atoms. The summed E-state index contributed by atoms with van der Waals surface area (Å²) in [5.74, 6) is -0.929. The number of nitrogens with one attached hydrogen (secondary N) is 3. The first-order chi connectivity index (χ1) is 18.6. The maximum Gasteiger partial charge on any atom is 0.298 e. The van der Waals surface area contributed by atoms with Gasteiger partial charge in [-0.3, -0.25) is 14.4 Å². The lowest BCUT2D eigenvalue weighted by molar-refractivity contribution is -0.302. The van der Waals surface area contributed by atoms with Crippen molar-refractivity contribution in [1.29, 1.82) is 0 Å². The molecule has 2 amide bonds. The van der Waals surface area contributed by atoms with Crippen LogP contribution in [-0.4, -0.2) is 126 Å². The van der Waals surface area contributed by atoms with Crippen LogP contribution < -0.4 is 20.7 Å². The molecule has 220 valence electrons. The molecular formula is C24H37N3O12. The summed E-state index contributed by atoms with van der Waals surface area (Å²) < 4.78 is 21.6. The summed E-state index contributed by atoms with van der Waals surface area (Å²) in [4.78, 5) is 34.6. The molecule has 0 spiro atoms. The van der Waals surface area contributed by atoms with Crippen LogP contribution in [0.25, 0.3) is 0 Å². The molecule has 15 nitrogen and oxygen atoms in total. The van der Waals surface area contributed by atoms with Crippen LogP contribution in [0.1, 0.15) is 13.8 Å². The van der Waals surface area contributed by atoms with Gasteiger partial charge in [-0.15, -0.1) is 0 Å². The molecule has 0 aromatic heterocycles. The zero-order chi connectivity index (χ0) is 29.1. The fraction of sp³-hybridized carbons (Fsp3) is 0.625. The van der Waals surface area contributed by atoms with Crippen molar-refractivity contribution in [2.75, 3.05) is 32.2 Å². The van der Waals surface area contributed by atoms with Crippen molar-refractivity contribution in [3.05, 3.63) is 24.3 Å². The maximum atomic E-state index is 11.9. The third-order valence-corrected chi connectivity index (χ3v) is 6.06. The standard InChI is InChI=1S/C24H37N3O12/c1-12(31)26-15(8-25-14-6-4-5-7-17(14)37-11-30)20(34)22(16(33)9-28)39-24-19(27-13(2)32)21(35)23(36-3)18(10-29)38-24/h4-7,11,15-16,18-25,28-29,33-35H,8-10H2,1-3H3,(H,26,31)(H,27,32)/t15?,16?,18?,19?,20-,21-,22-,23-,24+/m1/s1. The first-order valence-corrected chi connectivity index (χ1v) is 12.1. The second kappa shape index (κ2) is 15.6. The van der Waals surface area contributed by atoms with E-state index in [0.717, 1.165) is 0 Å². The highest BCUT2D eigenvalue weighted by atomic mass is 16.7. The van der Waals surface area contributed by atoms with Gasteiger partial charge >= 0.3 is 0 Å². The highest BCUT2D eigenvalue weighted by Crippen LogP contribution is 2.27. The Morgan fingerprint density at radius 2 is 1.85 bits per heavy atom. The number of para-hydroxylation sites is 2. The number of carbonyl (C=O) groups is 3. The van der Waals surface area contributed by atoms with Crippen molar-refractivity contribution >= 4 is 24.0 Å². The van der Waals surface area contributed by atoms with Gasteiger partial charge in [0.15, 0.2) is 12.0 Å². The number of aliphatic hydroxyl groups is 5. The zero-order valence-corrected chi connectivity index (χ0v) is 21.8. The van der Waals surface area contributed by atoms with Crippen LogP contribution in [0.15, 0.2) is 24.3 Å². The summed E-state index contributed by atoms with van der Waals surface area (Å²) in [5, 5.41) is 60.0. The van der Waals surface area contributed by atoms with Gasteiger partial charge in [-0.2, -0.15) is 0 Å². The van der Waals surface area contributed by atoms with Crippen LogP contribution in [0.3, 0.4) is 0 Å². The Morgan fingerprint density at radius 1 is 1.15 bits per heavy atom. The number of anilines is 1. The minimum absolute atomic E-state index is 0.160. The molecule has 0 saturated carbocycles. The van der Waals surface area contributed by atoms with E-state index >= 15 is 0 Å². The molecule has 0 aliphatic carbocycles. The van der Waals surface area contributed by atoms with E-state index in [1.165, 1.54) is 27.0 Å². The van der Waals surface area contributed by atoms with Gasteiger partial charge in [0.2, 0.25) is 11.8 Å². The van der Waals surface area contributed by atoms with Gasteiger partial charge in [0.25, 0.3) is 6.47 Å². The highest BCUT2D eigenvalue weighted by Gasteiger charge is 2.48. The van der Waals surface area contributed by atoms with E-state index in [2.05, 4.69) is 16.0 Å². The average Bonchev–Trinajstić information content (AvgIpc) is 2.90. The molecule has 4 unspecified atom stereocenters. The zero-order valence-electron chi connectivity index (χ0n) is 21.8. The predicted molar refractivity (Wildman–Crippen MR) is 133 cm³/mol. The van der Waals surface area contributed by atoms with Crippen molar-refractivity contribution in [2.45, 2.75) is 68.8 Å². The first-order valence-electron chi connectivity index (χ1n) is 12.1. The Hall–Kier alpha value is -2.89. The number of amides is 2. The molecule has 9 atom stereocenters. The highest BCUT2D eigenvalue weighted by molar-refractivity contribution is 5.73. The summed E-state index contributed by atoms with van der Waals surface area (Å²) in [6, 6.07) is 3.98. The fourth-order valence-corrected chi connectivity index (χ4v) is 4.25. The Morgan fingerprint density at radius 3 is 2.41 bits per heavy atom. The lowest BCUT2D eigenvalue weighted by Crippen LogP contribution is -2.67. The Balaban J connectivity index is 2.34. The van der Waals surface area contributed by atoms with Gasteiger partial charge in [0, 0.05) is 27.5 Å². The number of rotatable bonds is 15. The molecule has 1 saturated heterocycles. The third kappa shape index (κ3) is 8.81. The number of aliphatic hydroxyl groups excluding tert-OH is 5. The van der Waals surface area contributed by atoms with Gasteiger partial charge in [0.05, 0.1) is 24.9 Å². The smallest absolute Gasteiger partial charge is 0.298 e. The molecule has 39 heavy (non-hydrogen) atoms. The molecule has 1 aliphatic rings. The molecule has 0 radical (unpaired) electrons. The van der Waals surface area contributed by atoms with Crippen molar-refractivity contribution in [3.8, 4) is 5.75 Å². The molecular weight excluding hydrogens is 522 g/mol. The van der Waals surface area contributed by atoms with Gasteiger partial charge < -0.3 is 60.4 Å². The third-order valence-electron chi connectivity index (χ3n) is 6.06. The monoisotopic (exact) mass is 559 g/mol. The number of carbonyl (C=O) groups excluding carboxylic acids is 3. The molecule has 1 aromatic rings. The number of hydrogen-bond donors (Lipinski definition) is 8. The van der Waals surface area contributed by atoms with Gasteiger partial charge in [-0.05, 0) is 12.1 Å². The summed E-state index contributed by atoms with van der Waals surface area (Å²) in [6.45, 7) is 0.988. The minimum Gasteiger partial charge on any atom is -0.427 e. The lowest BCUT2D eigenvalue weighted by atomic mass is 9.95. The second-order valence-electron chi connectivity index (χ2n) is 8.88. The predicted octanol–water partition coefficient (Wildman–Crippen LogP) is -3.16. The average molecular weight is 560 g/mol. The van der Waals surface area contributed by atoms with Crippen LogP contribution in [0.5, 0.6) is 5.75 Å². The number of benzene rings is 1. The molecule has 8 N–H and O–H groups in total. The van der Waals surface area contributed by atoms with Crippen LogP contribution in [0.4, 0.5) is 5.69 Å². The maximum absolute atomic E-state index is 11.9. The Labute approximate surface area is 225 Å². The summed E-state index contributed by atoms with van der Waals surface area (Å²) in [6.07, 6.45) is -10.2. The van der Waals surface area contributed by atoms with Gasteiger partial charge in [-0.1, -0.05) is 12.1 Å². The van der Waals surface area contributed by atoms with E-state index in [-0.39, 0.29) is 18.8 Å². The second-order valence-corrected chi connectivity index (χ2v) is 8.88. The molecule has 2 rings (SSSR count). The van der Waals surface area contributed by atoms with Crippen molar-refractivity contribution in [1.82, 2.24) is 10.6 Å².